The van der Waals surface area contributed by atoms with E-state index in [9.17, 15) is 0 Å². The normalized spacial score (nSPS) is 12.5. The number of aromatic nitrogens is 2. The van der Waals surface area contributed by atoms with Gasteiger partial charge in [-0.2, -0.15) is 0 Å². The number of alkyl halides is 1. The first-order valence-electron chi connectivity index (χ1n) is 4.84. The Kier molecular flexibility index (Phi) is 5.19. The number of nitrogens with zero attached hydrogens (tertiary/aromatic N) is 3. The SMILES string of the molecule is CSc1cc(N(C)CCC(C)Cl)ncn1. The fourth-order valence-electron chi connectivity index (χ4n) is 1.14. The summed E-state index contributed by atoms with van der Waals surface area (Å²) >= 11 is 7.53. The molecule has 1 rings (SSSR count). The molecule has 0 aliphatic heterocycles. The van der Waals surface area contributed by atoms with Gasteiger partial charge in [0.1, 0.15) is 17.2 Å². The van der Waals surface area contributed by atoms with Crippen molar-refractivity contribution in [2.75, 3.05) is 24.7 Å². The van der Waals surface area contributed by atoms with Crippen LogP contribution in [0.5, 0.6) is 0 Å². The van der Waals surface area contributed by atoms with Crippen molar-refractivity contribution in [3.8, 4) is 0 Å². The van der Waals surface area contributed by atoms with Crippen LogP contribution < -0.4 is 4.90 Å². The lowest BCUT2D eigenvalue weighted by Gasteiger charge is -2.18. The summed E-state index contributed by atoms with van der Waals surface area (Å²) in [5.74, 6) is 0.951. The van der Waals surface area contributed by atoms with E-state index < -0.39 is 0 Å². The van der Waals surface area contributed by atoms with E-state index in [-0.39, 0.29) is 5.38 Å². The lowest BCUT2D eigenvalue weighted by Crippen LogP contribution is -2.21. The maximum Gasteiger partial charge on any atom is 0.132 e. The zero-order valence-electron chi connectivity index (χ0n) is 9.27. The van der Waals surface area contributed by atoms with E-state index in [0.717, 1.165) is 23.8 Å². The van der Waals surface area contributed by atoms with Gasteiger partial charge in [0.2, 0.25) is 0 Å². The van der Waals surface area contributed by atoms with Crippen molar-refractivity contribution in [1.29, 1.82) is 0 Å². The van der Waals surface area contributed by atoms with Gasteiger partial charge >= 0.3 is 0 Å². The highest BCUT2D eigenvalue weighted by atomic mass is 35.5. The minimum atomic E-state index is 0.203. The molecule has 1 aromatic rings. The molecule has 3 nitrogen and oxygen atoms in total. The molecule has 0 fully saturated rings. The molecular formula is C10H16ClN3S. The molecule has 0 aliphatic carbocycles. The summed E-state index contributed by atoms with van der Waals surface area (Å²) in [7, 11) is 2.02. The molecule has 84 valence electrons. The standard InChI is InChI=1S/C10H16ClN3S/c1-8(11)4-5-14(2)9-6-10(15-3)13-7-12-9/h6-8H,4-5H2,1-3H3. The van der Waals surface area contributed by atoms with Crippen LogP contribution in [0.4, 0.5) is 5.82 Å². The van der Waals surface area contributed by atoms with Gasteiger partial charge in [-0.3, -0.25) is 0 Å². The van der Waals surface area contributed by atoms with Crippen molar-refractivity contribution >= 4 is 29.2 Å². The minimum absolute atomic E-state index is 0.203. The van der Waals surface area contributed by atoms with Crippen molar-refractivity contribution < 1.29 is 0 Å². The molecule has 15 heavy (non-hydrogen) atoms. The van der Waals surface area contributed by atoms with Gasteiger partial charge in [-0.15, -0.1) is 23.4 Å². The summed E-state index contributed by atoms with van der Waals surface area (Å²) < 4.78 is 0. The van der Waals surface area contributed by atoms with Crippen molar-refractivity contribution in [3.05, 3.63) is 12.4 Å². The third kappa shape index (κ3) is 4.26. The van der Waals surface area contributed by atoms with Crippen LogP contribution >= 0.6 is 23.4 Å². The number of thioether (sulfide) groups is 1. The molecule has 0 spiro atoms. The predicted molar refractivity (Wildman–Crippen MR) is 67.0 cm³/mol. The largest absolute Gasteiger partial charge is 0.359 e. The molecule has 0 saturated heterocycles. The lowest BCUT2D eigenvalue weighted by molar-refractivity contribution is 0.762. The Labute approximate surface area is 100 Å². The van der Waals surface area contributed by atoms with Crippen LogP contribution in [0, 0.1) is 0 Å². The van der Waals surface area contributed by atoms with Gasteiger partial charge in [-0.25, -0.2) is 9.97 Å². The Bertz CT molecular complexity index is 306. The van der Waals surface area contributed by atoms with Gasteiger partial charge in [0.25, 0.3) is 0 Å². The highest BCUT2D eigenvalue weighted by Crippen LogP contribution is 2.16. The Morgan fingerprint density at radius 1 is 1.53 bits per heavy atom. The number of hydrogen-bond acceptors (Lipinski definition) is 4. The van der Waals surface area contributed by atoms with Crippen molar-refractivity contribution in [3.63, 3.8) is 0 Å². The quantitative estimate of drug-likeness (QED) is 0.453. The second-order valence-electron chi connectivity index (χ2n) is 3.41. The zero-order valence-corrected chi connectivity index (χ0v) is 10.8. The van der Waals surface area contributed by atoms with E-state index in [2.05, 4.69) is 14.9 Å². The van der Waals surface area contributed by atoms with Crippen LogP contribution in [0.3, 0.4) is 0 Å². The second-order valence-corrected chi connectivity index (χ2v) is 4.98. The lowest BCUT2D eigenvalue weighted by atomic mass is 10.3. The van der Waals surface area contributed by atoms with E-state index in [4.69, 9.17) is 11.6 Å². The molecule has 1 heterocycles. The number of rotatable bonds is 5. The smallest absolute Gasteiger partial charge is 0.132 e. The zero-order chi connectivity index (χ0) is 11.3. The molecule has 1 atom stereocenters. The minimum Gasteiger partial charge on any atom is -0.359 e. The molecule has 0 saturated carbocycles. The third-order valence-corrected chi connectivity index (χ3v) is 2.95. The predicted octanol–water partition coefficient (Wildman–Crippen LogP) is 2.65. The van der Waals surface area contributed by atoms with E-state index in [1.54, 1.807) is 18.1 Å². The van der Waals surface area contributed by atoms with Crippen LogP contribution in [0.2, 0.25) is 0 Å². The van der Waals surface area contributed by atoms with E-state index in [0.29, 0.717) is 0 Å². The molecule has 5 heteroatoms. The first kappa shape index (κ1) is 12.6. The van der Waals surface area contributed by atoms with E-state index in [1.165, 1.54) is 0 Å². The summed E-state index contributed by atoms with van der Waals surface area (Å²) in [6.07, 6.45) is 4.56. The summed E-state index contributed by atoms with van der Waals surface area (Å²) in [5.41, 5.74) is 0. The van der Waals surface area contributed by atoms with Crippen LogP contribution in [-0.4, -0.2) is 35.2 Å². The number of anilines is 1. The fraction of sp³-hybridized carbons (Fsp3) is 0.600. The first-order chi connectivity index (χ1) is 7.13. The molecule has 1 aromatic heterocycles. The molecule has 1 unspecified atom stereocenters. The Morgan fingerprint density at radius 3 is 2.87 bits per heavy atom. The van der Waals surface area contributed by atoms with Crippen LogP contribution in [0.15, 0.2) is 17.4 Å². The monoisotopic (exact) mass is 245 g/mol. The van der Waals surface area contributed by atoms with Gasteiger partial charge in [-0.1, -0.05) is 0 Å². The van der Waals surface area contributed by atoms with Crippen LogP contribution in [0.1, 0.15) is 13.3 Å². The summed E-state index contributed by atoms with van der Waals surface area (Å²) in [6.45, 7) is 2.91. The maximum atomic E-state index is 5.90. The van der Waals surface area contributed by atoms with Crippen molar-refractivity contribution in [2.24, 2.45) is 0 Å². The van der Waals surface area contributed by atoms with Crippen LogP contribution in [-0.2, 0) is 0 Å². The van der Waals surface area contributed by atoms with Crippen molar-refractivity contribution in [1.82, 2.24) is 9.97 Å². The van der Waals surface area contributed by atoms with Gasteiger partial charge in [-0.05, 0) is 19.6 Å². The van der Waals surface area contributed by atoms with Gasteiger partial charge in [0, 0.05) is 25.0 Å². The van der Waals surface area contributed by atoms with E-state index in [1.807, 2.05) is 26.3 Å². The summed E-state index contributed by atoms with van der Waals surface area (Å²) in [5, 5.41) is 1.19. The highest BCUT2D eigenvalue weighted by molar-refractivity contribution is 7.98. The molecule has 0 radical (unpaired) electrons. The molecule has 0 bridgehead atoms. The highest BCUT2D eigenvalue weighted by Gasteiger charge is 2.05. The van der Waals surface area contributed by atoms with Crippen LogP contribution in [0.25, 0.3) is 0 Å². The number of hydrogen-bond donors (Lipinski definition) is 0. The Hall–Kier alpha value is -0.480. The average molecular weight is 246 g/mol. The summed E-state index contributed by atoms with van der Waals surface area (Å²) in [4.78, 5) is 10.5. The van der Waals surface area contributed by atoms with Gasteiger partial charge in [0.15, 0.2) is 0 Å². The molecule has 0 amide bonds. The van der Waals surface area contributed by atoms with Gasteiger partial charge < -0.3 is 4.90 Å². The third-order valence-electron chi connectivity index (χ3n) is 2.09. The first-order valence-corrected chi connectivity index (χ1v) is 6.51. The van der Waals surface area contributed by atoms with Gasteiger partial charge in [0.05, 0.1) is 0 Å². The topological polar surface area (TPSA) is 29.0 Å². The van der Waals surface area contributed by atoms with Crippen molar-refractivity contribution in [2.45, 2.75) is 23.7 Å². The van der Waals surface area contributed by atoms with E-state index >= 15 is 0 Å². The molecular weight excluding hydrogens is 230 g/mol. The molecule has 0 N–H and O–H groups in total. The Balaban J connectivity index is 2.60. The molecule has 0 aliphatic rings. The summed E-state index contributed by atoms with van der Waals surface area (Å²) in [6, 6.07) is 1.99. The average Bonchev–Trinajstić information content (AvgIpc) is 2.26. The number of halogens is 1. The second kappa shape index (κ2) is 6.18. The maximum absolute atomic E-state index is 5.90. The molecule has 0 aromatic carbocycles. The fourth-order valence-corrected chi connectivity index (χ4v) is 1.61. The Morgan fingerprint density at radius 2 is 2.27 bits per heavy atom.